The second kappa shape index (κ2) is 3.17. The number of nitrogens with zero attached hydrogens (tertiary/aromatic N) is 1. The molecule has 0 saturated carbocycles. The molecule has 1 atom stereocenters. The van der Waals surface area contributed by atoms with E-state index < -0.39 is 0 Å². The van der Waals surface area contributed by atoms with E-state index in [0.717, 1.165) is 6.42 Å². The topological polar surface area (TPSA) is 23.8 Å². The lowest BCUT2D eigenvalue weighted by molar-refractivity contribution is 1.00. The van der Waals surface area contributed by atoms with Crippen LogP contribution in [-0.2, 0) is 0 Å². The summed E-state index contributed by atoms with van der Waals surface area (Å²) in [5.41, 5.74) is 0. The molecule has 0 amide bonds. The summed E-state index contributed by atoms with van der Waals surface area (Å²) in [6.07, 6.45) is 0.885. The Bertz CT molecular complexity index is 64.4. The van der Waals surface area contributed by atoms with Crippen molar-refractivity contribution in [2.24, 2.45) is 0 Å². The minimum absolute atomic E-state index is 0.0532. The molecule has 0 aromatic rings. The van der Waals surface area contributed by atoms with Crippen LogP contribution < -0.4 is 0 Å². The van der Waals surface area contributed by atoms with Crippen molar-refractivity contribution in [3.63, 3.8) is 0 Å². The van der Waals surface area contributed by atoms with Gasteiger partial charge in [-0.25, -0.2) is 0 Å². The monoisotopic (exact) mass is 147 g/mol. The second-order valence-corrected chi connectivity index (χ2v) is 2.11. The standard InChI is InChI=1S/C4H6BrN/c1-2-4(5)3-6/h4H,2H2,1H3/t4-/m0/s1. The fourth-order valence-electron chi connectivity index (χ4n) is 0.0913. The van der Waals surface area contributed by atoms with Crippen molar-refractivity contribution >= 4 is 15.9 Å². The minimum Gasteiger partial charge on any atom is -0.197 e. The Morgan fingerprint density at radius 2 is 2.50 bits per heavy atom. The Balaban J connectivity index is 3.04. The molecule has 1 nitrogen and oxygen atoms in total. The highest BCUT2D eigenvalue weighted by molar-refractivity contribution is 9.09. The molecule has 0 aliphatic heterocycles. The summed E-state index contributed by atoms with van der Waals surface area (Å²) in [6, 6.07) is 2.03. The first-order valence-corrected chi connectivity index (χ1v) is 2.76. The first-order valence-electron chi connectivity index (χ1n) is 1.85. The largest absolute Gasteiger partial charge is 0.197 e. The first kappa shape index (κ1) is 5.97. The van der Waals surface area contributed by atoms with Gasteiger partial charge in [0, 0.05) is 0 Å². The van der Waals surface area contributed by atoms with E-state index in [1.54, 1.807) is 0 Å². The van der Waals surface area contributed by atoms with Gasteiger partial charge in [-0.05, 0) is 6.42 Å². The average molecular weight is 148 g/mol. The fourth-order valence-corrected chi connectivity index (χ4v) is 0.0913. The lowest BCUT2D eigenvalue weighted by Crippen LogP contribution is -1.85. The highest BCUT2D eigenvalue weighted by atomic mass is 79.9. The van der Waals surface area contributed by atoms with E-state index in [0.29, 0.717) is 0 Å². The maximum absolute atomic E-state index is 8.04. The van der Waals surface area contributed by atoms with E-state index in [1.807, 2.05) is 13.0 Å². The minimum atomic E-state index is 0.0532. The number of alkyl halides is 1. The van der Waals surface area contributed by atoms with Crippen molar-refractivity contribution in [2.45, 2.75) is 18.2 Å². The molecule has 0 spiro atoms. The van der Waals surface area contributed by atoms with Gasteiger partial charge in [0.25, 0.3) is 0 Å². The van der Waals surface area contributed by atoms with Gasteiger partial charge in [0.2, 0.25) is 0 Å². The third-order valence-corrected chi connectivity index (χ3v) is 1.35. The van der Waals surface area contributed by atoms with Gasteiger partial charge in [0.1, 0.15) is 4.83 Å². The number of hydrogen-bond donors (Lipinski definition) is 0. The molecule has 0 unspecified atom stereocenters. The molecule has 0 N–H and O–H groups in total. The van der Waals surface area contributed by atoms with Crippen LogP contribution in [-0.4, -0.2) is 4.83 Å². The summed E-state index contributed by atoms with van der Waals surface area (Å²) in [5, 5.41) is 8.04. The molecule has 0 fully saturated rings. The molecule has 0 saturated heterocycles. The van der Waals surface area contributed by atoms with Crippen LogP contribution in [0.4, 0.5) is 0 Å². The van der Waals surface area contributed by atoms with Gasteiger partial charge in [-0.1, -0.05) is 22.9 Å². The molecule has 0 aliphatic carbocycles. The number of nitriles is 1. The van der Waals surface area contributed by atoms with Crippen molar-refractivity contribution in [3.8, 4) is 6.07 Å². The van der Waals surface area contributed by atoms with Gasteiger partial charge in [0.15, 0.2) is 0 Å². The van der Waals surface area contributed by atoms with E-state index in [9.17, 15) is 0 Å². The van der Waals surface area contributed by atoms with Crippen LogP contribution in [0.3, 0.4) is 0 Å². The normalized spacial score (nSPS) is 12.8. The van der Waals surface area contributed by atoms with Crippen LogP contribution >= 0.6 is 15.9 Å². The zero-order valence-corrected chi connectivity index (χ0v) is 5.20. The Morgan fingerprint density at radius 3 is 2.50 bits per heavy atom. The van der Waals surface area contributed by atoms with Crippen molar-refractivity contribution < 1.29 is 0 Å². The molecule has 0 bridgehead atoms. The van der Waals surface area contributed by atoms with Gasteiger partial charge in [-0.3, -0.25) is 0 Å². The summed E-state index contributed by atoms with van der Waals surface area (Å²) in [4.78, 5) is 0.0532. The molecule has 0 aromatic carbocycles. The molecule has 0 heterocycles. The van der Waals surface area contributed by atoms with Gasteiger partial charge in [-0.15, -0.1) is 0 Å². The van der Waals surface area contributed by atoms with Gasteiger partial charge >= 0.3 is 0 Å². The zero-order chi connectivity index (χ0) is 4.99. The summed E-state index contributed by atoms with van der Waals surface area (Å²) in [7, 11) is 0. The van der Waals surface area contributed by atoms with Gasteiger partial charge < -0.3 is 0 Å². The summed E-state index contributed by atoms with van der Waals surface area (Å²) >= 11 is 3.11. The van der Waals surface area contributed by atoms with E-state index in [2.05, 4.69) is 15.9 Å². The van der Waals surface area contributed by atoms with Crippen molar-refractivity contribution in [3.05, 3.63) is 0 Å². The van der Waals surface area contributed by atoms with E-state index in [4.69, 9.17) is 5.26 Å². The Labute approximate surface area is 46.1 Å². The summed E-state index contributed by atoms with van der Waals surface area (Å²) < 4.78 is 0. The number of rotatable bonds is 1. The number of hydrogen-bond acceptors (Lipinski definition) is 1. The highest BCUT2D eigenvalue weighted by Gasteiger charge is 1.91. The summed E-state index contributed by atoms with van der Waals surface area (Å²) in [5.74, 6) is 0. The predicted molar refractivity (Wildman–Crippen MR) is 28.6 cm³/mol. The van der Waals surface area contributed by atoms with Gasteiger partial charge in [0.05, 0.1) is 6.07 Å². The van der Waals surface area contributed by atoms with E-state index in [-0.39, 0.29) is 4.83 Å². The summed E-state index contributed by atoms with van der Waals surface area (Å²) in [6.45, 7) is 1.96. The van der Waals surface area contributed by atoms with Crippen LogP contribution in [0.1, 0.15) is 13.3 Å². The lowest BCUT2D eigenvalue weighted by atomic mass is 10.4. The van der Waals surface area contributed by atoms with Crippen molar-refractivity contribution in [1.82, 2.24) is 0 Å². The quantitative estimate of drug-likeness (QED) is 0.519. The molecule has 0 aromatic heterocycles. The van der Waals surface area contributed by atoms with Gasteiger partial charge in [-0.2, -0.15) is 5.26 Å². The fraction of sp³-hybridized carbons (Fsp3) is 0.750. The molecular formula is C4H6BrN. The molecule has 0 aliphatic rings. The second-order valence-electron chi connectivity index (χ2n) is 1.00. The third-order valence-electron chi connectivity index (χ3n) is 0.499. The Hall–Kier alpha value is -0.0300. The van der Waals surface area contributed by atoms with E-state index in [1.165, 1.54) is 0 Å². The van der Waals surface area contributed by atoms with E-state index >= 15 is 0 Å². The SMILES string of the molecule is CC[C@H](Br)C#N. The zero-order valence-electron chi connectivity index (χ0n) is 3.61. The Kier molecular flexibility index (Phi) is 3.16. The average Bonchev–Trinajstić information content (AvgIpc) is 1.65. The molecule has 0 radical (unpaired) electrons. The maximum atomic E-state index is 8.04. The smallest absolute Gasteiger partial charge is 0.101 e. The van der Waals surface area contributed by atoms with Crippen molar-refractivity contribution in [1.29, 1.82) is 5.26 Å². The van der Waals surface area contributed by atoms with Crippen LogP contribution in [0.25, 0.3) is 0 Å². The van der Waals surface area contributed by atoms with Crippen LogP contribution in [0.2, 0.25) is 0 Å². The van der Waals surface area contributed by atoms with Crippen molar-refractivity contribution in [2.75, 3.05) is 0 Å². The molecule has 2 heteroatoms. The molecule has 0 rings (SSSR count). The molecular weight excluding hydrogens is 142 g/mol. The highest BCUT2D eigenvalue weighted by Crippen LogP contribution is 1.99. The first-order chi connectivity index (χ1) is 2.81. The predicted octanol–water partition coefficient (Wildman–Crippen LogP) is 1.68. The third kappa shape index (κ3) is 2.22. The van der Waals surface area contributed by atoms with Crippen LogP contribution in [0.5, 0.6) is 0 Å². The molecule has 34 valence electrons. The lowest BCUT2D eigenvalue weighted by Gasteiger charge is -1.84. The number of halogens is 1. The molecule has 6 heavy (non-hydrogen) atoms. The maximum Gasteiger partial charge on any atom is 0.101 e. The van der Waals surface area contributed by atoms with Crippen LogP contribution in [0, 0.1) is 11.3 Å². The van der Waals surface area contributed by atoms with Crippen LogP contribution in [0.15, 0.2) is 0 Å². The Morgan fingerprint density at radius 1 is 2.00 bits per heavy atom.